The second-order valence-electron chi connectivity index (χ2n) is 3.61. The molecule has 0 bridgehead atoms. The van der Waals surface area contributed by atoms with Gasteiger partial charge in [-0.2, -0.15) is 14.9 Å². The van der Waals surface area contributed by atoms with Crippen LogP contribution >= 0.6 is 47.0 Å². The van der Waals surface area contributed by atoms with Crippen molar-refractivity contribution in [2.45, 2.75) is 13.3 Å². The number of nitrogens with one attached hydrogen (secondary N) is 1. The van der Waals surface area contributed by atoms with Crippen molar-refractivity contribution in [1.82, 2.24) is 14.9 Å². The Bertz CT molecular complexity index is 690. The summed E-state index contributed by atoms with van der Waals surface area (Å²) >= 11 is 23.2. The van der Waals surface area contributed by atoms with E-state index in [1.54, 1.807) is 12.1 Å². The molecule has 1 heterocycles. The standard InChI is InChI=1S/C11H9Cl3N4S/c1-2-9-16-17-11(19)18(9)15-5-6-7(12)3-4-8(13)10(6)14/h3-5H,2H2,1H3,(H,17,19)/b15-5-. The molecule has 0 spiro atoms. The molecule has 0 radical (unpaired) electrons. The van der Waals surface area contributed by atoms with Crippen LogP contribution in [-0.2, 0) is 6.42 Å². The molecule has 2 rings (SSSR count). The first-order chi connectivity index (χ1) is 9.04. The summed E-state index contributed by atoms with van der Waals surface area (Å²) in [5, 5.41) is 12.2. The molecule has 19 heavy (non-hydrogen) atoms. The van der Waals surface area contributed by atoms with Crippen LogP contribution in [0, 0.1) is 4.77 Å². The van der Waals surface area contributed by atoms with Gasteiger partial charge in [0.25, 0.3) is 0 Å². The van der Waals surface area contributed by atoms with Gasteiger partial charge in [0, 0.05) is 12.0 Å². The summed E-state index contributed by atoms with van der Waals surface area (Å²) in [6.45, 7) is 1.95. The molecule has 2 aromatic rings. The summed E-state index contributed by atoms with van der Waals surface area (Å²) in [6, 6.07) is 3.29. The number of aromatic amines is 1. The summed E-state index contributed by atoms with van der Waals surface area (Å²) in [7, 11) is 0. The highest BCUT2D eigenvalue weighted by Crippen LogP contribution is 2.30. The van der Waals surface area contributed by atoms with Gasteiger partial charge >= 0.3 is 0 Å². The lowest BCUT2D eigenvalue weighted by Crippen LogP contribution is -1.98. The fraction of sp³-hybridized carbons (Fsp3) is 0.182. The molecule has 1 aromatic heterocycles. The van der Waals surface area contributed by atoms with E-state index in [-0.39, 0.29) is 0 Å². The minimum absolute atomic E-state index is 0.353. The van der Waals surface area contributed by atoms with Crippen LogP contribution in [0.15, 0.2) is 17.2 Å². The highest BCUT2D eigenvalue weighted by atomic mass is 35.5. The molecule has 0 aliphatic rings. The SMILES string of the molecule is CCc1n[nH]c(=S)n1/N=C\c1c(Cl)ccc(Cl)c1Cl. The van der Waals surface area contributed by atoms with Crippen LogP contribution in [0.2, 0.25) is 15.1 Å². The van der Waals surface area contributed by atoms with Crippen molar-refractivity contribution in [1.29, 1.82) is 0 Å². The lowest BCUT2D eigenvalue weighted by molar-refractivity contribution is 0.780. The van der Waals surface area contributed by atoms with E-state index in [9.17, 15) is 0 Å². The Balaban J connectivity index is 2.46. The van der Waals surface area contributed by atoms with E-state index < -0.39 is 0 Å². The van der Waals surface area contributed by atoms with Crippen LogP contribution in [0.5, 0.6) is 0 Å². The lowest BCUT2D eigenvalue weighted by atomic mass is 10.2. The number of halogens is 3. The Hall–Kier alpha value is -0.880. The van der Waals surface area contributed by atoms with Gasteiger partial charge in [0.15, 0.2) is 5.82 Å². The third-order valence-electron chi connectivity index (χ3n) is 2.42. The Kier molecular flexibility index (Phi) is 4.62. The average Bonchev–Trinajstić information content (AvgIpc) is 2.75. The Labute approximate surface area is 130 Å². The molecule has 0 saturated heterocycles. The van der Waals surface area contributed by atoms with Crippen LogP contribution in [0.25, 0.3) is 0 Å². The zero-order chi connectivity index (χ0) is 14.0. The normalized spacial score (nSPS) is 11.4. The van der Waals surface area contributed by atoms with Gasteiger partial charge in [-0.3, -0.25) is 5.10 Å². The van der Waals surface area contributed by atoms with E-state index >= 15 is 0 Å². The molecule has 0 aliphatic heterocycles. The van der Waals surface area contributed by atoms with Crippen molar-refractivity contribution in [3.63, 3.8) is 0 Å². The summed E-state index contributed by atoms with van der Waals surface area (Å²) in [5.74, 6) is 0.718. The van der Waals surface area contributed by atoms with Crippen molar-refractivity contribution in [3.8, 4) is 0 Å². The van der Waals surface area contributed by atoms with Gasteiger partial charge in [-0.1, -0.05) is 41.7 Å². The van der Waals surface area contributed by atoms with Gasteiger partial charge < -0.3 is 0 Å². The highest BCUT2D eigenvalue weighted by molar-refractivity contribution is 7.71. The fourth-order valence-corrected chi connectivity index (χ4v) is 2.28. The summed E-state index contributed by atoms with van der Waals surface area (Å²) in [4.78, 5) is 0. The van der Waals surface area contributed by atoms with E-state index in [0.29, 0.717) is 31.8 Å². The zero-order valence-electron chi connectivity index (χ0n) is 9.82. The number of hydrogen-bond donors (Lipinski definition) is 1. The molecule has 0 fully saturated rings. The molecule has 1 aromatic carbocycles. The third kappa shape index (κ3) is 3.00. The minimum Gasteiger partial charge on any atom is -0.250 e. The Morgan fingerprint density at radius 1 is 1.37 bits per heavy atom. The Morgan fingerprint density at radius 2 is 2.05 bits per heavy atom. The van der Waals surface area contributed by atoms with Crippen molar-refractivity contribution in [3.05, 3.63) is 43.4 Å². The van der Waals surface area contributed by atoms with Gasteiger partial charge in [-0.05, 0) is 24.4 Å². The molecule has 100 valence electrons. The largest absolute Gasteiger partial charge is 0.250 e. The molecular weight excluding hydrogens is 327 g/mol. The fourth-order valence-electron chi connectivity index (χ4n) is 1.45. The topological polar surface area (TPSA) is 46.0 Å². The number of benzene rings is 1. The molecule has 4 nitrogen and oxygen atoms in total. The number of H-pyrrole nitrogens is 1. The smallest absolute Gasteiger partial charge is 0.216 e. The van der Waals surface area contributed by atoms with E-state index in [2.05, 4.69) is 15.3 Å². The monoisotopic (exact) mass is 334 g/mol. The quantitative estimate of drug-likeness (QED) is 0.515. The first-order valence-corrected chi connectivity index (χ1v) is 6.93. The predicted octanol–water partition coefficient (Wildman–Crippen LogP) is 4.35. The molecule has 0 aliphatic carbocycles. The minimum atomic E-state index is 0.353. The number of nitrogens with zero attached hydrogens (tertiary/aromatic N) is 3. The maximum absolute atomic E-state index is 6.09. The summed E-state index contributed by atoms with van der Waals surface area (Å²) < 4.78 is 1.92. The summed E-state index contributed by atoms with van der Waals surface area (Å²) in [5.41, 5.74) is 0.543. The second kappa shape index (κ2) is 6.05. The van der Waals surface area contributed by atoms with E-state index in [1.165, 1.54) is 10.9 Å². The van der Waals surface area contributed by atoms with Gasteiger partial charge in [-0.15, -0.1) is 0 Å². The van der Waals surface area contributed by atoms with Crippen molar-refractivity contribution in [2.24, 2.45) is 5.10 Å². The lowest BCUT2D eigenvalue weighted by Gasteiger charge is -2.03. The Morgan fingerprint density at radius 3 is 2.74 bits per heavy atom. The number of aromatic nitrogens is 3. The molecule has 8 heteroatoms. The highest BCUT2D eigenvalue weighted by Gasteiger charge is 2.08. The molecule has 0 amide bonds. The first kappa shape index (κ1) is 14.5. The van der Waals surface area contributed by atoms with Gasteiger partial charge in [-0.25, -0.2) is 0 Å². The van der Waals surface area contributed by atoms with Gasteiger partial charge in [0.05, 0.1) is 21.3 Å². The first-order valence-electron chi connectivity index (χ1n) is 5.38. The maximum atomic E-state index is 6.09. The zero-order valence-corrected chi connectivity index (χ0v) is 12.9. The van der Waals surface area contributed by atoms with Crippen LogP contribution in [-0.4, -0.2) is 21.1 Å². The maximum Gasteiger partial charge on any atom is 0.216 e. The van der Waals surface area contributed by atoms with Crippen LogP contribution in [0.4, 0.5) is 0 Å². The second-order valence-corrected chi connectivity index (χ2v) is 5.19. The van der Waals surface area contributed by atoms with E-state index in [1.807, 2.05) is 6.92 Å². The average molecular weight is 336 g/mol. The van der Waals surface area contributed by atoms with E-state index in [4.69, 9.17) is 47.0 Å². The summed E-state index contributed by atoms with van der Waals surface area (Å²) in [6.07, 6.45) is 2.21. The number of aryl methyl sites for hydroxylation is 1. The van der Waals surface area contributed by atoms with Crippen molar-refractivity contribution < 1.29 is 0 Å². The van der Waals surface area contributed by atoms with Crippen LogP contribution in [0.3, 0.4) is 0 Å². The number of hydrogen-bond acceptors (Lipinski definition) is 3. The molecule has 0 atom stereocenters. The van der Waals surface area contributed by atoms with Gasteiger partial charge in [0.2, 0.25) is 4.77 Å². The number of rotatable bonds is 3. The predicted molar refractivity (Wildman–Crippen MR) is 81.3 cm³/mol. The third-order valence-corrected chi connectivity index (χ3v) is 3.83. The van der Waals surface area contributed by atoms with Crippen LogP contribution < -0.4 is 0 Å². The van der Waals surface area contributed by atoms with Crippen LogP contribution in [0.1, 0.15) is 18.3 Å². The van der Waals surface area contributed by atoms with E-state index in [0.717, 1.165) is 5.82 Å². The van der Waals surface area contributed by atoms with Crippen molar-refractivity contribution >= 4 is 53.2 Å². The molecular formula is C11H9Cl3N4S. The molecule has 0 saturated carbocycles. The molecule has 0 unspecified atom stereocenters. The molecule has 1 N–H and O–H groups in total. The van der Waals surface area contributed by atoms with Gasteiger partial charge in [0.1, 0.15) is 0 Å². The van der Waals surface area contributed by atoms with Crippen molar-refractivity contribution in [2.75, 3.05) is 0 Å².